The molecule has 1 saturated heterocycles. The molecular formula is C24H15NO2S2. The first-order valence-electron chi connectivity index (χ1n) is 9.12. The number of rotatable bonds is 2. The normalized spacial score (nSPS) is 18.3. The van der Waals surface area contributed by atoms with Gasteiger partial charge in [-0.15, -0.1) is 0 Å². The van der Waals surface area contributed by atoms with E-state index in [-0.39, 0.29) is 5.91 Å². The number of thioether (sulfide) groups is 1. The van der Waals surface area contributed by atoms with Crippen LogP contribution in [0.25, 0.3) is 11.3 Å². The molecule has 1 amide bonds. The fourth-order valence-corrected chi connectivity index (χ4v) is 4.75. The van der Waals surface area contributed by atoms with Crippen LogP contribution in [-0.4, -0.2) is 10.2 Å². The van der Waals surface area contributed by atoms with Gasteiger partial charge in [-0.25, -0.2) is 0 Å². The summed E-state index contributed by atoms with van der Waals surface area (Å²) in [5, 5.41) is 0. The first kappa shape index (κ1) is 17.9. The van der Waals surface area contributed by atoms with Gasteiger partial charge in [0.05, 0.1) is 10.6 Å². The lowest BCUT2D eigenvalue weighted by molar-refractivity contribution is -0.113. The van der Waals surface area contributed by atoms with E-state index in [0.29, 0.717) is 15.0 Å². The number of para-hydroxylation sites is 2. The highest BCUT2D eigenvalue weighted by Gasteiger charge is 2.36. The molecule has 1 fully saturated rings. The molecule has 0 spiro atoms. The lowest BCUT2D eigenvalue weighted by Crippen LogP contribution is -2.27. The minimum absolute atomic E-state index is 0.110. The van der Waals surface area contributed by atoms with Gasteiger partial charge in [0, 0.05) is 16.7 Å². The molecule has 0 bridgehead atoms. The second-order valence-electron chi connectivity index (χ2n) is 6.56. The van der Waals surface area contributed by atoms with Crippen molar-refractivity contribution in [2.45, 2.75) is 0 Å². The maximum Gasteiger partial charge on any atom is 0.271 e. The Bertz CT molecular complexity index is 1180. The molecule has 0 radical (unpaired) electrons. The van der Waals surface area contributed by atoms with E-state index < -0.39 is 0 Å². The average molecular weight is 414 g/mol. The Balaban J connectivity index is 1.67. The Morgan fingerprint density at radius 1 is 0.828 bits per heavy atom. The molecule has 29 heavy (non-hydrogen) atoms. The maximum absolute atomic E-state index is 13.4. The lowest BCUT2D eigenvalue weighted by atomic mass is 9.99. The molecule has 2 aliphatic heterocycles. The number of carbonyl (C=O) groups is 1. The van der Waals surface area contributed by atoms with Crippen molar-refractivity contribution in [2.75, 3.05) is 4.90 Å². The van der Waals surface area contributed by atoms with E-state index in [4.69, 9.17) is 17.0 Å². The van der Waals surface area contributed by atoms with Gasteiger partial charge in [0.15, 0.2) is 4.32 Å². The summed E-state index contributed by atoms with van der Waals surface area (Å²) in [6, 6.07) is 27.2. The predicted octanol–water partition coefficient (Wildman–Crippen LogP) is 5.90. The van der Waals surface area contributed by atoms with E-state index in [2.05, 4.69) is 0 Å². The zero-order chi connectivity index (χ0) is 19.8. The third-order valence-corrected chi connectivity index (χ3v) is 6.15. The van der Waals surface area contributed by atoms with Crippen LogP contribution >= 0.6 is 24.0 Å². The number of hydrogen-bond acceptors (Lipinski definition) is 4. The number of anilines is 1. The van der Waals surface area contributed by atoms with Gasteiger partial charge in [-0.3, -0.25) is 9.69 Å². The molecule has 5 rings (SSSR count). The summed E-state index contributed by atoms with van der Waals surface area (Å²) in [6.45, 7) is 0. The molecule has 3 aromatic carbocycles. The summed E-state index contributed by atoms with van der Waals surface area (Å²) in [5.41, 5.74) is 3.46. The molecule has 3 aromatic rings. The van der Waals surface area contributed by atoms with Crippen LogP contribution in [0.15, 0.2) is 95.9 Å². The monoisotopic (exact) mass is 413 g/mol. The van der Waals surface area contributed by atoms with Gasteiger partial charge in [-0.05, 0) is 24.3 Å². The number of carbonyl (C=O) groups excluding carboxylic acids is 1. The molecule has 3 nitrogen and oxygen atoms in total. The lowest BCUT2D eigenvalue weighted by Gasteiger charge is -2.21. The van der Waals surface area contributed by atoms with Crippen molar-refractivity contribution in [2.24, 2.45) is 0 Å². The number of fused-ring (bicyclic) bond motifs is 1. The quantitative estimate of drug-likeness (QED) is 0.387. The van der Waals surface area contributed by atoms with Crippen LogP contribution < -0.4 is 9.64 Å². The van der Waals surface area contributed by atoms with Gasteiger partial charge in [0.2, 0.25) is 0 Å². The highest BCUT2D eigenvalue weighted by molar-refractivity contribution is 8.27. The molecule has 2 aliphatic rings. The van der Waals surface area contributed by atoms with Crippen LogP contribution in [0.3, 0.4) is 0 Å². The fourth-order valence-electron chi connectivity index (χ4n) is 3.40. The third kappa shape index (κ3) is 3.18. The van der Waals surface area contributed by atoms with Crippen molar-refractivity contribution in [3.63, 3.8) is 0 Å². The SMILES string of the molecule is O=C1C(=C2C=C(c3ccccc3)Oc3ccccc32)SC(=S)N1c1ccccc1. The van der Waals surface area contributed by atoms with Crippen molar-refractivity contribution < 1.29 is 9.53 Å². The van der Waals surface area contributed by atoms with E-state index in [1.54, 1.807) is 4.90 Å². The van der Waals surface area contributed by atoms with E-state index in [9.17, 15) is 4.79 Å². The Morgan fingerprint density at radius 2 is 1.48 bits per heavy atom. The third-order valence-electron chi connectivity index (χ3n) is 4.76. The van der Waals surface area contributed by atoms with Crippen LogP contribution in [0.1, 0.15) is 11.1 Å². The van der Waals surface area contributed by atoms with Crippen LogP contribution in [0.2, 0.25) is 0 Å². The topological polar surface area (TPSA) is 29.5 Å². The molecule has 5 heteroatoms. The summed E-state index contributed by atoms with van der Waals surface area (Å²) < 4.78 is 6.67. The van der Waals surface area contributed by atoms with Gasteiger partial charge >= 0.3 is 0 Å². The summed E-state index contributed by atoms with van der Waals surface area (Å²) in [4.78, 5) is 15.6. The molecule has 0 unspecified atom stereocenters. The fraction of sp³-hybridized carbons (Fsp3) is 0. The van der Waals surface area contributed by atoms with Crippen molar-refractivity contribution in [1.82, 2.24) is 0 Å². The van der Waals surface area contributed by atoms with Crippen LogP contribution in [0.4, 0.5) is 5.69 Å². The summed E-state index contributed by atoms with van der Waals surface area (Å²) in [7, 11) is 0. The molecule has 140 valence electrons. The maximum atomic E-state index is 13.4. The Hall–Kier alpha value is -3.15. The number of benzene rings is 3. The van der Waals surface area contributed by atoms with E-state index in [1.165, 1.54) is 11.8 Å². The summed E-state index contributed by atoms with van der Waals surface area (Å²) in [5.74, 6) is 1.33. The number of hydrogen-bond donors (Lipinski definition) is 0. The van der Waals surface area contributed by atoms with Crippen LogP contribution in [0.5, 0.6) is 5.75 Å². The highest BCUT2D eigenvalue weighted by Crippen LogP contribution is 2.45. The van der Waals surface area contributed by atoms with Gasteiger partial charge < -0.3 is 4.74 Å². The molecule has 0 N–H and O–H groups in total. The Morgan fingerprint density at radius 3 is 2.24 bits per heavy atom. The number of thiocarbonyl (C=S) groups is 1. The van der Waals surface area contributed by atoms with Crippen molar-refractivity contribution in [3.8, 4) is 5.75 Å². The van der Waals surface area contributed by atoms with Gasteiger partial charge in [0.1, 0.15) is 11.5 Å². The number of ether oxygens (including phenoxy) is 1. The van der Waals surface area contributed by atoms with E-state index in [0.717, 1.165) is 28.1 Å². The number of allylic oxidation sites excluding steroid dienone is 2. The largest absolute Gasteiger partial charge is 0.456 e. The highest BCUT2D eigenvalue weighted by atomic mass is 32.2. The Kier molecular flexibility index (Phi) is 4.54. The average Bonchev–Trinajstić information content (AvgIpc) is 3.08. The van der Waals surface area contributed by atoms with Crippen molar-refractivity contribution in [3.05, 3.63) is 107 Å². The summed E-state index contributed by atoms with van der Waals surface area (Å²) >= 11 is 6.88. The smallest absolute Gasteiger partial charge is 0.271 e. The summed E-state index contributed by atoms with van der Waals surface area (Å²) in [6.07, 6.45) is 1.94. The molecule has 0 atom stereocenters. The zero-order valence-corrected chi connectivity index (χ0v) is 16.9. The van der Waals surface area contributed by atoms with Crippen molar-refractivity contribution in [1.29, 1.82) is 0 Å². The zero-order valence-electron chi connectivity index (χ0n) is 15.2. The standard InChI is InChI=1S/C24H15NO2S2/c26-23-22(29-24(28)25(23)17-11-5-2-6-12-17)19-15-21(16-9-3-1-4-10-16)27-20-14-8-7-13-18(19)20/h1-15H. The minimum Gasteiger partial charge on any atom is -0.456 e. The second kappa shape index (κ2) is 7.35. The van der Waals surface area contributed by atoms with Crippen LogP contribution in [-0.2, 0) is 4.79 Å². The molecule has 2 heterocycles. The molecular weight excluding hydrogens is 398 g/mol. The number of amides is 1. The predicted molar refractivity (Wildman–Crippen MR) is 123 cm³/mol. The molecule has 0 aromatic heterocycles. The Labute approximate surface area is 178 Å². The number of nitrogens with zero attached hydrogens (tertiary/aromatic N) is 1. The minimum atomic E-state index is -0.110. The van der Waals surface area contributed by atoms with Gasteiger partial charge in [-0.2, -0.15) is 0 Å². The van der Waals surface area contributed by atoms with E-state index in [1.807, 2.05) is 91.0 Å². The van der Waals surface area contributed by atoms with Gasteiger partial charge in [0.25, 0.3) is 5.91 Å². The van der Waals surface area contributed by atoms with Gasteiger partial charge in [-0.1, -0.05) is 90.7 Å². The first-order chi connectivity index (χ1) is 14.2. The second-order valence-corrected chi connectivity index (χ2v) is 8.20. The first-order valence-corrected chi connectivity index (χ1v) is 10.3. The molecule has 0 aliphatic carbocycles. The van der Waals surface area contributed by atoms with Crippen LogP contribution in [0, 0.1) is 0 Å². The molecule has 0 saturated carbocycles. The van der Waals surface area contributed by atoms with E-state index >= 15 is 0 Å². The van der Waals surface area contributed by atoms with Crippen molar-refractivity contribution >= 4 is 51.2 Å².